The summed E-state index contributed by atoms with van der Waals surface area (Å²) in [5.74, 6) is 0.691. The Kier molecular flexibility index (Phi) is 3.33. The van der Waals surface area contributed by atoms with Crippen molar-refractivity contribution < 1.29 is 0 Å². The third-order valence-electron chi connectivity index (χ3n) is 2.67. The van der Waals surface area contributed by atoms with Crippen LogP contribution in [-0.2, 0) is 13.6 Å². The van der Waals surface area contributed by atoms with Gasteiger partial charge in [-0.3, -0.25) is 4.68 Å². The molecule has 0 fully saturated rings. The average Bonchev–Trinajstić information content (AvgIpc) is 2.59. The highest BCUT2D eigenvalue weighted by atomic mass is 79.9. The molecule has 0 radical (unpaired) electrons. The van der Waals surface area contributed by atoms with Gasteiger partial charge in [0.2, 0.25) is 0 Å². The minimum absolute atomic E-state index is 0.626. The van der Waals surface area contributed by atoms with Crippen LogP contribution in [0.15, 0.2) is 22.9 Å². The van der Waals surface area contributed by atoms with Crippen molar-refractivity contribution in [2.24, 2.45) is 7.05 Å². The first-order chi connectivity index (χ1) is 8.08. The van der Waals surface area contributed by atoms with Crippen LogP contribution < -0.4 is 11.1 Å². The minimum Gasteiger partial charge on any atom is -0.396 e. The zero-order valence-corrected chi connectivity index (χ0v) is 11.3. The largest absolute Gasteiger partial charge is 0.396 e. The molecule has 0 unspecified atom stereocenters. The van der Waals surface area contributed by atoms with E-state index in [1.54, 1.807) is 6.20 Å². The summed E-state index contributed by atoms with van der Waals surface area (Å²) >= 11 is 3.32. The summed E-state index contributed by atoms with van der Waals surface area (Å²) in [5.41, 5.74) is 8.75. The van der Waals surface area contributed by atoms with Gasteiger partial charge in [-0.25, -0.2) is 4.98 Å². The molecular formula is C11H14BrN5. The molecule has 0 atom stereocenters. The highest BCUT2D eigenvalue weighted by molar-refractivity contribution is 9.10. The van der Waals surface area contributed by atoms with E-state index in [2.05, 4.69) is 31.3 Å². The molecule has 2 aromatic heterocycles. The van der Waals surface area contributed by atoms with Crippen molar-refractivity contribution in [2.45, 2.75) is 13.5 Å². The average molecular weight is 296 g/mol. The number of hydrogen-bond donors (Lipinski definition) is 2. The molecule has 2 heterocycles. The number of nitrogens with one attached hydrogen (secondary N) is 1. The Morgan fingerprint density at radius 1 is 1.47 bits per heavy atom. The molecule has 3 N–H and O–H groups in total. The number of pyridine rings is 1. The summed E-state index contributed by atoms with van der Waals surface area (Å²) in [7, 11) is 1.92. The number of rotatable bonds is 3. The normalized spacial score (nSPS) is 10.5. The van der Waals surface area contributed by atoms with Gasteiger partial charge in [0, 0.05) is 35.5 Å². The van der Waals surface area contributed by atoms with E-state index < -0.39 is 0 Å². The van der Waals surface area contributed by atoms with E-state index in [0.29, 0.717) is 18.1 Å². The molecular weight excluding hydrogens is 282 g/mol. The predicted molar refractivity (Wildman–Crippen MR) is 71.6 cm³/mol. The summed E-state index contributed by atoms with van der Waals surface area (Å²) in [4.78, 5) is 4.22. The van der Waals surface area contributed by atoms with Crippen LogP contribution >= 0.6 is 15.9 Å². The Labute approximate surface area is 108 Å². The maximum atomic E-state index is 5.85. The Hall–Kier alpha value is -1.56. The van der Waals surface area contributed by atoms with Crippen molar-refractivity contribution >= 4 is 27.4 Å². The first-order valence-corrected chi connectivity index (χ1v) is 5.99. The number of nitrogen functional groups attached to an aromatic ring is 1. The topological polar surface area (TPSA) is 68.8 Å². The molecule has 90 valence electrons. The van der Waals surface area contributed by atoms with Gasteiger partial charge in [0.25, 0.3) is 0 Å². The molecule has 2 rings (SSSR count). The van der Waals surface area contributed by atoms with Gasteiger partial charge in [0.15, 0.2) is 0 Å². The second-order valence-corrected chi connectivity index (χ2v) is 4.74. The molecule has 0 bridgehead atoms. The van der Waals surface area contributed by atoms with Gasteiger partial charge in [-0.05, 0) is 28.9 Å². The Balaban J connectivity index is 2.10. The number of nitrogens with zero attached hydrogens (tertiary/aromatic N) is 3. The van der Waals surface area contributed by atoms with Crippen LogP contribution in [0, 0.1) is 6.92 Å². The maximum absolute atomic E-state index is 5.85. The first kappa shape index (κ1) is 11.9. The lowest BCUT2D eigenvalue weighted by molar-refractivity contribution is 0.738. The van der Waals surface area contributed by atoms with Gasteiger partial charge >= 0.3 is 0 Å². The second-order valence-electron chi connectivity index (χ2n) is 3.82. The lowest BCUT2D eigenvalue weighted by Crippen LogP contribution is -2.05. The second kappa shape index (κ2) is 4.75. The molecule has 0 spiro atoms. The minimum atomic E-state index is 0.626. The van der Waals surface area contributed by atoms with Crippen LogP contribution in [-0.4, -0.2) is 14.8 Å². The summed E-state index contributed by atoms with van der Waals surface area (Å²) < 4.78 is 2.72. The summed E-state index contributed by atoms with van der Waals surface area (Å²) in [6.07, 6.45) is 3.56. The molecule has 17 heavy (non-hydrogen) atoms. The van der Waals surface area contributed by atoms with Gasteiger partial charge in [-0.2, -0.15) is 5.10 Å². The van der Waals surface area contributed by atoms with Crippen molar-refractivity contribution in [3.63, 3.8) is 0 Å². The molecule has 0 aliphatic carbocycles. The van der Waals surface area contributed by atoms with E-state index in [1.165, 1.54) is 0 Å². The summed E-state index contributed by atoms with van der Waals surface area (Å²) in [5, 5.41) is 7.38. The zero-order valence-electron chi connectivity index (χ0n) is 9.74. The molecule has 0 saturated heterocycles. The third kappa shape index (κ3) is 2.58. The SMILES string of the molecule is Cc1c(CNc2ncc(Br)cc2N)cnn1C. The number of nitrogens with two attached hydrogens (primary N) is 1. The smallest absolute Gasteiger partial charge is 0.149 e. The quantitative estimate of drug-likeness (QED) is 0.910. The van der Waals surface area contributed by atoms with E-state index >= 15 is 0 Å². The number of halogens is 1. The highest BCUT2D eigenvalue weighted by Gasteiger charge is 2.05. The molecule has 0 saturated carbocycles. The van der Waals surface area contributed by atoms with Crippen molar-refractivity contribution in [1.29, 1.82) is 0 Å². The highest BCUT2D eigenvalue weighted by Crippen LogP contribution is 2.20. The predicted octanol–water partition coefficient (Wildman–Crippen LogP) is 2.08. The molecule has 2 aromatic rings. The van der Waals surface area contributed by atoms with Gasteiger partial charge in [-0.1, -0.05) is 0 Å². The molecule has 0 aromatic carbocycles. The van der Waals surface area contributed by atoms with Crippen LogP contribution in [0.5, 0.6) is 0 Å². The standard InChI is InChI=1S/C11H14BrN5/c1-7-8(5-16-17(7)2)4-14-11-10(13)3-9(12)6-15-11/h3,5-6H,4,13H2,1-2H3,(H,14,15). The van der Waals surface area contributed by atoms with Gasteiger partial charge in [0.1, 0.15) is 5.82 Å². The van der Waals surface area contributed by atoms with E-state index in [9.17, 15) is 0 Å². The first-order valence-electron chi connectivity index (χ1n) is 5.20. The third-order valence-corrected chi connectivity index (χ3v) is 3.10. The number of aryl methyl sites for hydroxylation is 1. The van der Waals surface area contributed by atoms with E-state index in [0.717, 1.165) is 15.7 Å². The van der Waals surface area contributed by atoms with Crippen molar-refractivity contribution in [2.75, 3.05) is 11.1 Å². The Bertz CT molecular complexity index is 535. The number of hydrogen-bond acceptors (Lipinski definition) is 4. The Morgan fingerprint density at radius 2 is 2.24 bits per heavy atom. The van der Waals surface area contributed by atoms with Crippen molar-refractivity contribution in [1.82, 2.24) is 14.8 Å². The van der Waals surface area contributed by atoms with Gasteiger partial charge < -0.3 is 11.1 Å². The van der Waals surface area contributed by atoms with Gasteiger partial charge in [-0.15, -0.1) is 0 Å². The summed E-state index contributed by atoms with van der Waals surface area (Å²) in [6.45, 7) is 2.70. The molecule has 0 aliphatic heterocycles. The molecule has 6 heteroatoms. The molecule has 0 amide bonds. The lowest BCUT2D eigenvalue weighted by atomic mass is 10.2. The van der Waals surface area contributed by atoms with E-state index in [1.807, 2.05) is 30.9 Å². The molecule has 0 aliphatic rings. The fraction of sp³-hybridized carbons (Fsp3) is 0.273. The van der Waals surface area contributed by atoms with Crippen LogP contribution in [0.4, 0.5) is 11.5 Å². The van der Waals surface area contributed by atoms with Gasteiger partial charge in [0.05, 0.1) is 11.9 Å². The maximum Gasteiger partial charge on any atom is 0.149 e. The molecule has 5 nitrogen and oxygen atoms in total. The van der Waals surface area contributed by atoms with Crippen LogP contribution in [0.1, 0.15) is 11.3 Å². The lowest BCUT2D eigenvalue weighted by Gasteiger charge is -2.08. The van der Waals surface area contributed by atoms with Crippen molar-refractivity contribution in [3.8, 4) is 0 Å². The van der Waals surface area contributed by atoms with E-state index in [-0.39, 0.29) is 0 Å². The monoisotopic (exact) mass is 295 g/mol. The number of anilines is 2. The van der Waals surface area contributed by atoms with Crippen LogP contribution in [0.2, 0.25) is 0 Å². The summed E-state index contributed by atoms with van der Waals surface area (Å²) in [6, 6.07) is 1.82. The van der Waals surface area contributed by atoms with Crippen LogP contribution in [0.3, 0.4) is 0 Å². The Morgan fingerprint density at radius 3 is 2.82 bits per heavy atom. The fourth-order valence-electron chi connectivity index (χ4n) is 1.50. The van der Waals surface area contributed by atoms with Crippen LogP contribution in [0.25, 0.3) is 0 Å². The number of aromatic nitrogens is 3. The zero-order chi connectivity index (χ0) is 12.4. The fourth-order valence-corrected chi connectivity index (χ4v) is 1.85. The van der Waals surface area contributed by atoms with Crippen molar-refractivity contribution in [3.05, 3.63) is 34.2 Å². The van der Waals surface area contributed by atoms with E-state index in [4.69, 9.17) is 5.73 Å².